The molecule has 0 fully saturated rings. The lowest BCUT2D eigenvalue weighted by atomic mass is 10.1. The SMILES string of the molecule is COc1cc(C(=O)NCCn2ncc3c(=O)n(Cc4cccc(F)c4)cnc32)c([N+](=O)[O-])cc1OC. The predicted octanol–water partition coefficient (Wildman–Crippen LogP) is 2.14. The highest BCUT2D eigenvalue weighted by atomic mass is 19.1. The topological polar surface area (TPSA) is 143 Å². The lowest BCUT2D eigenvalue weighted by Crippen LogP contribution is -2.28. The van der Waals surface area contributed by atoms with E-state index < -0.39 is 22.3 Å². The summed E-state index contributed by atoms with van der Waals surface area (Å²) >= 11 is 0. The van der Waals surface area contributed by atoms with Crippen LogP contribution in [0.3, 0.4) is 0 Å². The number of carbonyl (C=O) groups excluding carboxylic acids is 1. The number of ether oxygens (including phenoxy) is 2. The molecular formula is C23H21FN6O6. The fourth-order valence-corrected chi connectivity index (χ4v) is 3.68. The second-order valence-corrected chi connectivity index (χ2v) is 7.65. The summed E-state index contributed by atoms with van der Waals surface area (Å²) in [6.07, 6.45) is 2.72. The van der Waals surface area contributed by atoms with Crippen LogP contribution in [0.4, 0.5) is 10.1 Å². The van der Waals surface area contributed by atoms with Crippen molar-refractivity contribution in [2.45, 2.75) is 13.1 Å². The van der Waals surface area contributed by atoms with E-state index in [1.807, 2.05) is 0 Å². The van der Waals surface area contributed by atoms with Crippen LogP contribution in [0.2, 0.25) is 0 Å². The molecule has 0 bridgehead atoms. The maximum atomic E-state index is 13.5. The Labute approximate surface area is 203 Å². The van der Waals surface area contributed by atoms with Gasteiger partial charge in [-0.25, -0.2) is 14.1 Å². The zero-order valence-electron chi connectivity index (χ0n) is 19.3. The molecule has 0 saturated heterocycles. The number of fused-ring (bicyclic) bond motifs is 1. The van der Waals surface area contributed by atoms with Crippen LogP contribution in [0, 0.1) is 15.9 Å². The Morgan fingerprint density at radius 3 is 2.64 bits per heavy atom. The van der Waals surface area contributed by atoms with Crippen LogP contribution in [0.5, 0.6) is 11.5 Å². The number of carbonyl (C=O) groups is 1. The molecule has 0 spiro atoms. The first-order valence-electron chi connectivity index (χ1n) is 10.7. The summed E-state index contributed by atoms with van der Waals surface area (Å²) in [4.78, 5) is 40.6. The van der Waals surface area contributed by atoms with Gasteiger partial charge in [0, 0.05) is 12.6 Å². The molecule has 0 saturated carbocycles. The molecule has 0 aliphatic carbocycles. The fraction of sp³-hybridized carbons (Fsp3) is 0.217. The number of rotatable bonds is 9. The smallest absolute Gasteiger partial charge is 0.286 e. The summed E-state index contributed by atoms with van der Waals surface area (Å²) in [5.74, 6) is -0.796. The van der Waals surface area contributed by atoms with E-state index in [4.69, 9.17) is 9.47 Å². The Hall–Kier alpha value is -4.81. The van der Waals surface area contributed by atoms with E-state index in [2.05, 4.69) is 15.4 Å². The highest BCUT2D eigenvalue weighted by Crippen LogP contribution is 2.34. The summed E-state index contributed by atoms with van der Waals surface area (Å²) in [5, 5.41) is 18.5. The van der Waals surface area contributed by atoms with Crippen molar-refractivity contribution in [3.05, 3.63) is 86.3 Å². The highest BCUT2D eigenvalue weighted by Gasteiger charge is 2.24. The maximum Gasteiger partial charge on any atom is 0.286 e. The van der Waals surface area contributed by atoms with Gasteiger partial charge in [-0.1, -0.05) is 12.1 Å². The van der Waals surface area contributed by atoms with Crippen LogP contribution in [-0.2, 0) is 13.1 Å². The van der Waals surface area contributed by atoms with Gasteiger partial charge in [-0.2, -0.15) is 5.10 Å². The van der Waals surface area contributed by atoms with E-state index >= 15 is 0 Å². The van der Waals surface area contributed by atoms with Crippen molar-refractivity contribution in [3.8, 4) is 11.5 Å². The van der Waals surface area contributed by atoms with Gasteiger partial charge in [-0.15, -0.1) is 0 Å². The Morgan fingerprint density at radius 1 is 1.19 bits per heavy atom. The van der Waals surface area contributed by atoms with E-state index in [0.717, 1.165) is 6.07 Å². The van der Waals surface area contributed by atoms with E-state index in [1.54, 1.807) is 12.1 Å². The lowest BCUT2D eigenvalue weighted by Gasteiger charge is -2.11. The third-order valence-electron chi connectivity index (χ3n) is 5.42. The second kappa shape index (κ2) is 10.2. The van der Waals surface area contributed by atoms with Crippen molar-refractivity contribution in [2.75, 3.05) is 20.8 Å². The molecule has 0 radical (unpaired) electrons. The minimum atomic E-state index is -0.690. The van der Waals surface area contributed by atoms with Crippen LogP contribution in [0.1, 0.15) is 15.9 Å². The van der Waals surface area contributed by atoms with Gasteiger partial charge in [-0.3, -0.25) is 24.3 Å². The molecule has 36 heavy (non-hydrogen) atoms. The number of amides is 1. The van der Waals surface area contributed by atoms with Crippen LogP contribution in [0.15, 0.2) is 53.7 Å². The molecule has 2 aromatic carbocycles. The maximum absolute atomic E-state index is 13.5. The van der Waals surface area contributed by atoms with Gasteiger partial charge < -0.3 is 14.8 Å². The monoisotopic (exact) mass is 496 g/mol. The molecule has 4 aromatic rings. The highest BCUT2D eigenvalue weighted by molar-refractivity contribution is 5.99. The average molecular weight is 496 g/mol. The van der Waals surface area contributed by atoms with Crippen LogP contribution in [-0.4, -0.2) is 50.9 Å². The largest absolute Gasteiger partial charge is 0.493 e. The third kappa shape index (κ3) is 4.85. The molecule has 13 heteroatoms. The van der Waals surface area contributed by atoms with Gasteiger partial charge in [0.05, 0.1) is 44.5 Å². The quantitative estimate of drug-likeness (QED) is 0.274. The summed E-state index contributed by atoms with van der Waals surface area (Å²) in [6.45, 7) is 0.344. The van der Waals surface area contributed by atoms with E-state index in [9.17, 15) is 24.1 Å². The number of hydrogen-bond acceptors (Lipinski definition) is 8. The zero-order chi connectivity index (χ0) is 25.8. The van der Waals surface area contributed by atoms with Gasteiger partial charge in [0.2, 0.25) is 0 Å². The molecular weight excluding hydrogens is 475 g/mol. The van der Waals surface area contributed by atoms with Gasteiger partial charge >= 0.3 is 0 Å². The molecule has 0 aliphatic rings. The molecule has 12 nitrogen and oxygen atoms in total. The number of hydrogen-bond donors (Lipinski definition) is 1. The summed E-state index contributed by atoms with van der Waals surface area (Å²) < 4.78 is 26.4. The summed E-state index contributed by atoms with van der Waals surface area (Å²) in [6, 6.07) is 8.27. The fourth-order valence-electron chi connectivity index (χ4n) is 3.68. The number of halogens is 1. The van der Waals surface area contributed by atoms with Crippen molar-refractivity contribution in [1.82, 2.24) is 24.6 Å². The van der Waals surface area contributed by atoms with E-state index in [1.165, 1.54) is 54.2 Å². The standard InChI is InChI=1S/C23H21FN6O6/c1-35-19-9-16(18(30(33)34)10-20(19)36-2)22(31)25-6-7-29-21-17(11-27-29)23(32)28(13-26-21)12-14-4-3-5-15(24)8-14/h3-5,8-11,13H,6-7,12H2,1-2H3,(H,25,31). The van der Waals surface area contributed by atoms with E-state index in [0.29, 0.717) is 11.2 Å². The third-order valence-corrected chi connectivity index (χ3v) is 5.42. The van der Waals surface area contributed by atoms with Crippen molar-refractivity contribution in [2.24, 2.45) is 0 Å². The first-order chi connectivity index (χ1) is 17.3. The molecule has 4 rings (SSSR count). The number of methoxy groups -OCH3 is 2. The average Bonchev–Trinajstić information content (AvgIpc) is 3.28. The summed E-state index contributed by atoms with van der Waals surface area (Å²) in [5.41, 5.74) is -0.0588. The molecule has 0 unspecified atom stereocenters. The number of aromatic nitrogens is 4. The molecule has 2 aromatic heterocycles. The van der Waals surface area contributed by atoms with Crippen LogP contribution < -0.4 is 20.3 Å². The Kier molecular flexibility index (Phi) is 6.90. The van der Waals surface area contributed by atoms with Gasteiger partial charge in [0.25, 0.3) is 17.2 Å². The Balaban J connectivity index is 1.49. The molecule has 2 heterocycles. The number of nitrogens with zero attached hydrogens (tertiary/aromatic N) is 5. The Bertz CT molecular complexity index is 1510. The van der Waals surface area contributed by atoms with Gasteiger partial charge in [-0.05, 0) is 17.7 Å². The van der Waals surface area contributed by atoms with Crippen molar-refractivity contribution >= 4 is 22.6 Å². The number of nitro groups is 1. The molecule has 0 aliphatic heterocycles. The number of benzene rings is 2. The van der Waals surface area contributed by atoms with Crippen LogP contribution >= 0.6 is 0 Å². The van der Waals surface area contributed by atoms with Gasteiger partial charge in [0.1, 0.15) is 23.1 Å². The second-order valence-electron chi connectivity index (χ2n) is 7.65. The Morgan fingerprint density at radius 2 is 1.94 bits per heavy atom. The number of nitrogens with one attached hydrogen (secondary N) is 1. The minimum absolute atomic E-state index is 0.0508. The lowest BCUT2D eigenvalue weighted by molar-refractivity contribution is -0.385. The minimum Gasteiger partial charge on any atom is -0.493 e. The first kappa shape index (κ1) is 24.3. The predicted molar refractivity (Wildman–Crippen MR) is 126 cm³/mol. The molecule has 1 N–H and O–H groups in total. The summed E-state index contributed by atoms with van der Waals surface area (Å²) in [7, 11) is 2.69. The normalized spacial score (nSPS) is 10.9. The molecule has 186 valence electrons. The zero-order valence-corrected chi connectivity index (χ0v) is 19.3. The molecule has 0 atom stereocenters. The van der Waals surface area contributed by atoms with Crippen molar-refractivity contribution in [3.63, 3.8) is 0 Å². The van der Waals surface area contributed by atoms with Crippen LogP contribution in [0.25, 0.3) is 11.0 Å². The van der Waals surface area contributed by atoms with Crippen molar-refractivity contribution in [1.29, 1.82) is 0 Å². The van der Waals surface area contributed by atoms with E-state index in [-0.39, 0.29) is 47.6 Å². The van der Waals surface area contributed by atoms with Gasteiger partial charge in [0.15, 0.2) is 17.1 Å². The first-order valence-corrected chi connectivity index (χ1v) is 10.7. The van der Waals surface area contributed by atoms with Crippen molar-refractivity contribution < 1.29 is 23.6 Å². The number of nitro benzene ring substituents is 1. The molecule has 1 amide bonds.